The first kappa shape index (κ1) is 35.9. The van der Waals surface area contributed by atoms with Crippen LogP contribution >= 0.6 is 8.25 Å². The summed E-state index contributed by atoms with van der Waals surface area (Å²) in [4.78, 5) is 12.4. The van der Waals surface area contributed by atoms with Crippen LogP contribution in [0.1, 0.15) is 116 Å². The van der Waals surface area contributed by atoms with Crippen LogP contribution in [0.5, 0.6) is 0 Å². The molecule has 2 rings (SSSR count). The molecule has 10 nitrogen and oxygen atoms in total. The van der Waals surface area contributed by atoms with Crippen LogP contribution in [-0.4, -0.2) is 39.0 Å². The predicted octanol–water partition coefficient (Wildman–Crippen LogP) is 7.89. The Kier molecular flexibility index (Phi) is 21.1. The maximum Gasteiger partial charge on any atom is 0.699 e. The fourth-order valence-corrected chi connectivity index (χ4v) is 5.03. The Hall–Kier alpha value is -2.15. The molecular weight excluding hydrogens is 527 g/mol. The van der Waals surface area contributed by atoms with Gasteiger partial charge in [-0.15, -0.1) is 16.9 Å². The molecule has 2 aromatic heterocycles. The highest BCUT2D eigenvalue weighted by molar-refractivity contribution is 7.33. The lowest BCUT2D eigenvalue weighted by Crippen LogP contribution is -2.17. The number of nitrogens with two attached hydrogens (primary N) is 1. The minimum atomic E-state index is -2.18. The average molecular weight is 580 g/mol. The van der Waals surface area contributed by atoms with Gasteiger partial charge in [0.15, 0.2) is 11.5 Å². The Morgan fingerprint density at radius 2 is 1.43 bits per heavy atom. The van der Waals surface area contributed by atoms with Crippen molar-refractivity contribution >= 4 is 25.2 Å². The van der Waals surface area contributed by atoms with Crippen LogP contribution in [-0.2, 0) is 24.9 Å². The Bertz CT molecular complexity index is 968. The summed E-state index contributed by atoms with van der Waals surface area (Å²) in [7, 11) is -2.18. The van der Waals surface area contributed by atoms with Crippen molar-refractivity contribution in [3.63, 3.8) is 0 Å². The van der Waals surface area contributed by atoms with E-state index in [1.54, 1.807) is 6.33 Å². The molecule has 11 heteroatoms. The molecular formula is C29H52N6O4P+. The number of nitrogen functional groups attached to an aromatic ring is 1. The lowest BCUT2D eigenvalue weighted by atomic mass is 10.0. The summed E-state index contributed by atoms with van der Waals surface area (Å²) in [5.74, 6) is 3.06. The molecule has 2 heterocycles. The van der Waals surface area contributed by atoms with Gasteiger partial charge in [-0.1, -0.05) is 94.4 Å². The van der Waals surface area contributed by atoms with Gasteiger partial charge in [-0.25, -0.2) is 15.0 Å². The van der Waals surface area contributed by atoms with Gasteiger partial charge in [-0.2, -0.15) is 0 Å². The van der Waals surface area contributed by atoms with Crippen molar-refractivity contribution in [2.75, 3.05) is 19.1 Å². The number of hydrogen-bond donors (Lipinski definition) is 2. The lowest BCUT2D eigenvalue weighted by molar-refractivity contribution is -0.0367. The predicted molar refractivity (Wildman–Crippen MR) is 162 cm³/mol. The van der Waals surface area contributed by atoms with E-state index in [1.807, 2.05) is 11.5 Å². The summed E-state index contributed by atoms with van der Waals surface area (Å²) in [6.07, 6.45) is 29.6. The SMILES string of the molecule is C#CCCCCCCCCCCCCCCCCCCO[P+](=O)OCO[C@H](C)Cn1cnc2c(N)ncnc21.N. The zero-order valence-corrected chi connectivity index (χ0v) is 25.5. The van der Waals surface area contributed by atoms with Gasteiger partial charge in [-0.3, -0.25) is 0 Å². The molecule has 0 aliphatic carbocycles. The Labute approximate surface area is 242 Å². The number of fused-ring (bicyclic) bond motifs is 1. The summed E-state index contributed by atoms with van der Waals surface area (Å²) in [6.45, 7) is 2.73. The monoisotopic (exact) mass is 579 g/mol. The number of imidazole rings is 1. The summed E-state index contributed by atoms with van der Waals surface area (Å²) in [6, 6.07) is 0. The smallest absolute Gasteiger partial charge is 0.382 e. The van der Waals surface area contributed by atoms with Crippen molar-refractivity contribution in [2.45, 2.75) is 129 Å². The minimum Gasteiger partial charge on any atom is -0.382 e. The fraction of sp³-hybridized carbons (Fsp3) is 0.759. The highest BCUT2D eigenvalue weighted by atomic mass is 31.1. The van der Waals surface area contributed by atoms with Crippen molar-refractivity contribution in [1.82, 2.24) is 25.7 Å². The number of hydrogen-bond acceptors (Lipinski definition) is 9. The fourth-order valence-electron chi connectivity index (χ4n) is 4.53. The van der Waals surface area contributed by atoms with E-state index in [0.717, 1.165) is 19.3 Å². The Morgan fingerprint density at radius 3 is 2.00 bits per heavy atom. The second-order valence-corrected chi connectivity index (χ2v) is 11.2. The van der Waals surface area contributed by atoms with Crippen molar-refractivity contribution < 1.29 is 18.3 Å². The van der Waals surface area contributed by atoms with Gasteiger partial charge in [0, 0.05) is 11.0 Å². The molecule has 40 heavy (non-hydrogen) atoms. The molecule has 0 fully saturated rings. The first-order chi connectivity index (χ1) is 19.1. The van der Waals surface area contributed by atoms with E-state index >= 15 is 0 Å². The van der Waals surface area contributed by atoms with E-state index in [2.05, 4.69) is 20.9 Å². The number of rotatable bonds is 25. The molecule has 0 bridgehead atoms. The molecule has 5 N–H and O–H groups in total. The minimum absolute atomic E-state index is 0. The highest BCUT2D eigenvalue weighted by Gasteiger charge is 2.21. The summed E-state index contributed by atoms with van der Waals surface area (Å²) >= 11 is 0. The highest BCUT2D eigenvalue weighted by Crippen LogP contribution is 2.24. The standard InChI is InChI=1S/C29H49N5O4P.H3N/c1-3-4-5-6-7-8-9-10-11-12-13-14-15-16-17-18-19-20-21-37-39(35)38-25-36-26(2)22-34-24-33-27-28(30)31-23-32-29(27)34;/h1,23-24,26H,4-22,25H2,2H3,(H2,30,31,32);1H3/q+1;/t26-;/m1./s1. The van der Waals surface area contributed by atoms with Gasteiger partial charge in [0.25, 0.3) is 0 Å². The van der Waals surface area contributed by atoms with E-state index in [-0.39, 0.29) is 19.0 Å². The normalized spacial score (nSPS) is 12.2. The maximum absolute atomic E-state index is 11.9. The topological polar surface area (TPSA) is 149 Å². The summed E-state index contributed by atoms with van der Waals surface area (Å²) in [5.41, 5.74) is 7.02. The molecule has 0 aliphatic heterocycles. The summed E-state index contributed by atoms with van der Waals surface area (Å²) in [5, 5.41) is 0. The molecule has 0 saturated carbocycles. The first-order valence-corrected chi connectivity index (χ1v) is 15.9. The van der Waals surface area contributed by atoms with Crippen molar-refractivity contribution in [2.24, 2.45) is 0 Å². The summed E-state index contributed by atoms with van der Waals surface area (Å²) < 4.78 is 29.8. The van der Waals surface area contributed by atoms with Gasteiger partial charge in [-0.05, 0) is 19.8 Å². The largest absolute Gasteiger partial charge is 0.699 e. The number of unbranched alkanes of at least 4 members (excludes halogenated alkanes) is 16. The number of anilines is 1. The van der Waals surface area contributed by atoms with Crippen molar-refractivity contribution in [1.29, 1.82) is 0 Å². The molecule has 2 aromatic rings. The third kappa shape index (κ3) is 16.2. The van der Waals surface area contributed by atoms with E-state index < -0.39 is 8.25 Å². The first-order valence-electron chi connectivity index (χ1n) is 14.8. The number of aromatic nitrogens is 4. The number of terminal acetylenes is 1. The molecule has 0 aliphatic rings. The van der Waals surface area contributed by atoms with Crippen LogP contribution in [0.4, 0.5) is 5.82 Å². The third-order valence-corrected chi connectivity index (χ3v) is 7.52. The molecule has 0 saturated heterocycles. The van der Waals surface area contributed by atoms with E-state index in [4.69, 9.17) is 25.9 Å². The molecule has 0 aromatic carbocycles. The van der Waals surface area contributed by atoms with Crippen LogP contribution in [0, 0.1) is 12.3 Å². The molecule has 2 atom stereocenters. The van der Waals surface area contributed by atoms with Crippen LogP contribution in [0.25, 0.3) is 11.2 Å². The van der Waals surface area contributed by atoms with Crippen molar-refractivity contribution in [3.05, 3.63) is 12.7 Å². The molecule has 0 amide bonds. The van der Waals surface area contributed by atoms with Crippen LogP contribution in [0.2, 0.25) is 0 Å². The lowest BCUT2D eigenvalue weighted by Gasteiger charge is -2.11. The molecule has 0 radical (unpaired) electrons. The van der Waals surface area contributed by atoms with Gasteiger partial charge < -0.3 is 21.2 Å². The molecule has 0 spiro atoms. The second kappa shape index (κ2) is 23.5. The zero-order valence-electron chi connectivity index (χ0n) is 24.6. The average Bonchev–Trinajstić information content (AvgIpc) is 3.33. The van der Waals surface area contributed by atoms with Gasteiger partial charge in [0.1, 0.15) is 18.5 Å². The Balaban J connectivity index is 0.00000800. The number of nitrogens with zero attached hydrogens (tertiary/aromatic N) is 4. The third-order valence-electron chi connectivity index (χ3n) is 6.81. The van der Waals surface area contributed by atoms with Gasteiger partial charge in [0.05, 0.1) is 19.0 Å². The van der Waals surface area contributed by atoms with E-state index in [1.165, 1.54) is 96.2 Å². The van der Waals surface area contributed by atoms with Gasteiger partial charge in [0.2, 0.25) is 6.79 Å². The second-order valence-electron chi connectivity index (χ2n) is 10.2. The molecule has 1 unspecified atom stereocenters. The molecule has 226 valence electrons. The van der Waals surface area contributed by atoms with Crippen LogP contribution in [0.3, 0.4) is 0 Å². The van der Waals surface area contributed by atoms with Gasteiger partial charge >= 0.3 is 8.25 Å². The van der Waals surface area contributed by atoms with Crippen LogP contribution in [0.15, 0.2) is 12.7 Å². The quantitative estimate of drug-likeness (QED) is 0.0518. The number of ether oxygens (including phenoxy) is 1. The van der Waals surface area contributed by atoms with E-state index in [0.29, 0.717) is 30.1 Å². The maximum atomic E-state index is 11.9. The van der Waals surface area contributed by atoms with Crippen LogP contribution < -0.4 is 11.9 Å². The van der Waals surface area contributed by atoms with E-state index in [9.17, 15) is 4.57 Å². The Morgan fingerprint density at radius 1 is 0.875 bits per heavy atom. The van der Waals surface area contributed by atoms with Crippen molar-refractivity contribution in [3.8, 4) is 12.3 Å². The zero-order chi connectivity index (χ0) is 28.0.